The van der Waals surface area contributed by atoms with Crippen molar-refractivity contribution in [2.75, 3.05) is 12.3 Å². The van der Waals surface area contributed by atoms with Crippen LogP contribution >= 0.6 is 0 Å². The molecule has 0 atom stereocenters. The summed E-state index contributed by atoms with van der Waals surface area (Å²) in [7, 11) is 0. The Morgan fingerprint density at radius 1 is 1.22 bits per heavy atom. The van der Waals surface area contributed by atoms with E-state index in [-0.39, 0.29) is 6.61 Å². The first-order valence-electron chi connectivity index (χ1n) is 7.74. The van der Waals surface area contributed by atoms with Crippen molar-refractivity contribution in [1.82, 2.24) is 9.55 Å². The van der Waals surface area contributed by atoms with Gasteiger partial charge >= 0.3 is 0 Å². The zero-order valence-corrected chi connectivity index (χ0v) is 12.7. The number of hydrogen-bond acceptors (Lipinski definition) is 4. The first-order chi connectivity index (χ1) is 11.3. The van der Waals surface area contributed by atoms with E-state index in [9.17, 15) is 5.11 Å². The molecule has 23 heavy (non-hydrogen) atoms. The van der Waals surface area contributed by atoms with Gasteiger partial charge < -0.3 is 15.4 Å². The Morgan fingerprint density at radius 2 is 2.13 bits per heavy atom. The quantitative estimate of drug-likeness (QED) is 0.757. The fourth-order valence-corrected chi connectivity index (χ4v) is 3.12. The zero-order valence-electron chi connectivity index (χ0n) is 12.7. The molecule has 0 saturated carbocycles. The van der Waals surface area contributed by atoms with Crippen LogP contribution in [0.2, 0.25) is 0 Å². The van der Waals surface area contributed by atoms with Gasteiger partial charge in [-0.1, -0.05) is 30.3 Å². The number of rotatable bonds is 3. The predicted octanol–water partition coefficient (Wildman–Crippen LogP) is 0.963. The molecule has 0 aliphatic carbocycles. The summed E-state index contributed by atoms with van der Waals surface area (Å²) < 4.78 is 2.00. The van der Waals surface area contributed by atoms with Crippen molar-refractivity contribution in [2.45, 2.75) is 19.6 Å². The first kappa shape index (κ1) is 14.0. The standard InChI is InChI=1S/C18H18N4O/c19-18-21-15-9-12(11-23)6-7-16(15)22(18)10-14-4-1-3-13-5-2-8-20-17(13)14/h1,3-7,9,23H,2,8,10-11H2,(H2,19,21). The highest BCUT2D eigenvalue weighted by atomic mass is 16.3. The van der Waals surface area contributed by atoms with Crippen molar-refractivity contribution >= 4 is 23.1 Å². The largest absolute Gasteiger partial charge is 0.392 e. The highest BCUT2D eigenvalue weighted by Gasteiger charge is 2.11. The van der Waals surface area contributed by atoms with Gasteiger partial charge in [-0.05, 0) is 34.9 Å². The summed E-state index contributed by atoms with van der Waals surface area (Å²) in [5.41, 5.74) is 9.88. The molecule has 4 rings (SSSR count). The average molecular weight is 306 g/mol. The molecule has 3 aromatic rings. The maximum atomic E-state index is 9.26. The van der Waals surface area contributed by atoms with E-state index in [2.05, 4.69) is 34.3 Å². The Morgan fingerprint density at radius 3 is 3.00 bits per heavy atom. The van der Waals surface area contributed by atoms with Gasteiger partial charge in [-0.2, -0.15) is 0 Å². The third-order valence-corrected chi connectivity index (χ3v) is 4.27. The molecule has 5 heteroatoms. The molecule has 5 nitrogen and oxygen atoms in total. The molecule has 116 valence electrons. The molecule has 0 unspecified atom stereocenters. The molecular formula is C18H18N4O. The second-order valence-electron chi connectivity index (χ2n) is 5.77. The summed E-state index contributed by atoms with van der Waals surface area (Å²) in [5, 5.41) is 11.5. The Balaban J connectivity index is 1.84. The minimum Gasteiger partial charge on any atom is -0.392 e. The molecular weight excluding hydrogens is 288 g/mol. The second kappa shape index (κ2) is 5.52. The van der Waals surface area contributed by atoms with Crippen LogP contribution in [0.3, 0.4) is 0 Å². The van der Waals surface area contributed by atoms with E-state index in [0.717, 1.165) is 40.5 Å². The third-order valence-electron chi connectivity index (χ3n) is 4.27. The number of benzene rings is 2. The predicted molar refractivity (Wildman–Crippen MR) is 90.3 cm³/mol. The summed E-state index contributed by atoms with van der Waals surface area (Å²) in [4.78, 5) is 9.09. The van der Waals surface area contributed by atoms with E-state index >= 15 is 0 Å². The smallest absolute Gasteiger partial charge is 0.201 e. The van der Waals surface area contributed by atoms with E-state index < -0.39 is 0 Å². The van der Waals surface area contributed by atoms with Gasteiger partial charge in [-0.15, -0.1) is 0 Å². The molecule has 1 aliphatic rings. The number of aliphatic hydroxyl groups excluding tert-OH is 1. The molecule has 1 aliphatic heterocycles. The van der Waals surface area contributed by atoms with Gasteiger partial charge in [0.05, 0.1) is 29.5 Å². The van der Waals surface area contributed by atoms with E-state index in [4.69, 9.17) is 5.73 Å². The number of nitrogen functional groups attached to an aromatic ring is 1. The summed E-state index contributed by atoms with van der Waals surface area (Å²) in [6.07, 6.45) is 3.23. The van der Waals surface area contributed by atoms with E-state index in [1.54, 1.807) is 0 Å². The number of nitrogens with two attached hydrogens (primary N) is 1. The molecule has 0 amide bonds. The lowest BCUT2D eigenvalue weighted by Crippen LogP contribution is -2.32. The third kappa shape index (κ3) is 2.39. The highest BCUT2D eigenvalue weighted by Crippen LogP contribution is 2.20. The van der Waals surface area contributed by atoms with Crippen LogP contribution in [0.15, 0.2) is 41.4 Å². The van der Waals surface area contributed by atoms with Gasteiger partial charge in [0, 0.05) is 6.54 Å². The van der Waals surface area contributed by atoms with Crippen LogP contribution in [0.4, 0.5) is 5.95 Å². The molecule has 0 fully saturated rings. The van der Waals surface area contributed by atoms with Gasteiger partial charge in [0.15, 0.2) is 0 Å². The SMILES string of the molecule is Nc1nc2cc(CO)ccc2n1Cc1cccc2c1=NCCC=2. The Kier molecular flexibility index (Phi) is 3.35. The normalized spacial score (nSPS) is 13.4. The lowest BCUT2D eigenvalue weighted by atomic mass is 10.1. The fourth-order valence-electron chi connectivity index (χ4n) is 3.12. The molecule has 3 N–H and O–H groups in total. The average Bonchev–Trinajstić information content (AvgIpc) is 2.90. The lowest BCUT2D eigenvalue weighted by Gasteiger charge is -2.09. The van der Waals surface area contributed by atoms with Crippen LogP contribution in [-0.2, 0) is 13.2 Å². The number of aromatic nitrogens is 2. The van der Waals surface area contributed by atoms with Crippen molar-refractivity contribution < 1.29 is 5.11 Å². The highest BCUT2D eigenvalue weighted by molar-refractivity contribution is 5.79. The summed E-state index contributed by atoms with van der Waals surface area (Å²) in [5.74, 6) is 0.479. The van der Waals surface area contributed by atoms with Gasteiger partial charge in [-0.3, -0.25) is 4.99 Å². The van der Waals surface area contributed by atoms with E-state index in [0.29, 0.717) is 12.5 Å². The van der Waals surface area contributed by atoms with Crippen LogP contribution < -0.4 is 16.3 Å². The Hall–Kier alpha value is -2.66. The molecule has 0 spiro atoms. The summed E-state index contributed by atoms with van der Waals surface area (Å²) in [6, 6.07) is 12.0. The van der Waals surface area contributed by atoms with E-state index in [1.807, 2.05) is 22.8 Å². The topological polar surface area (TPSA) is 76.4 Å². The van der Waals surface area contributed by atoms with Crippen LogP contribution in [0.1, 0.15) is 17.5 Å². The number of fused-ring (bicyclic) bond motifs is 2. The van der Waals surface area contributed by atoms with Gasteiger partial charge in [-0.25, -0.2) is 4.98 Å². The minimum atomic E-state index is 0.00358. The van der Waals surface area contributed by atoms with Crippen molar-refractivity contribution in [1.29, 1.82) is 0 Å². The van der Waals surface area contributed by atoms with E-state index in [1.165, 1.54) is 5.22 Å². The fraction of sp³-hybridized carbons (Fsp3) is 0.222. The van der Waals surface area contributed by atoms with Crippen LogP contribution in [-0.4, -0.2) is 21.2 Å². The number of para-hydroxylation sites is 1. The molecule has 2 heterocycles. The maximum absolute atomic E-state index is 9.26. The van der Waals surface area contributed by atoms with Crippen molar-refractivity contribution in [3.63, 3.8) is 0 Å². The molecule has 0 saturated heterocycles. The number of aliphatic hydroxyl groups is 1. The van der Waals surface area contributed by atoms with Crippen LogP contribution in [0, 0.1) is 0 Å². The Labute approximate surface area is 133 Å². The van der Waals surface area contributed by atoms with Crippen LogP contribution in [0.25, 0.3) is 17.1 Å². The minimum absolute atomic E-state index is 0.00358. The number of anilines is 1. The molecule has 1 aromatic heterocycles. The summed E-state index contributed by atoms with van der Waals surface area (Å²) >= 11 is 0. The zero-order chi connectivity index (χ0) is 15.8. The van der Waals surface area contributed by atoms with Crippen molar-refractivity contribution in [3.8, 4) is 0 Å². The number of imidazole rings is 1. The molecule has 0 bridgehead atoms. The van der Waals surface area contributed by atoms with Gasteiger partial charge in [0.2, 0.25) is 5.95 Å². The van der Waals surface area contributed by atoms with Gasteiger partial charge in [0.25, 0.3) is 0 Å². The van der Waals surface area contributed by atoms with Crippen molar-refractivity contribution in [3.05, 3.63) is 58.1 Å². The van der Waals surface area contributed by atoms with Gasteiger partial charge in [0.1, 0.15) is 0 Å². The maximum Gasteiger partial charge on any atom is 0.201 e. The number of hydrogen-bond donors (Lipinski definition) is 2. The lowest BCUT2D eigenvalue weighted by molar-refractivity contribution is 0.282. The number of nitrogens with zero attached hydrogens (tertiary/aromatic N) is 3. The van der Waals surface area contributed by atoms with Crippen LogP contribution in [0.5, 0.6) is 0 Å². The first-order valence-corrected chi connectivity index (χ1v) is 7.74. The molecule has 0 radical (unpaired) electrons. The summed E-state index contributed by atoms with van der Waals surface area (Å²) in [6.45, 7) is 1.48. The monoisotopic (exact) mass is 306 g/mol. The second-order valence-corrected chi connectivity index (χ2v) is 5.77. The molecule has 2 aromatic carbocycles. The van der Waals surface area contributed by atoms with Crippen molar-refractivity contribution in [2.24, 2.45) is 4.99 Å². The Bertz CT molecular complexity index is 1000.